The van der Waals surface area contributed by atoms with Gasteiger partial charge in [0.25, 0.3) is 0 Å². The van der Waals surface area contributed by atoms with Gasteiger partial charge in [0.1, 0.15) is 0 Å². The predicted molar refractivity (Wildman–Crippen MR) is 119 cm³/mol. The minimum absolute atomic E-state index is 0.113. The second kappa shape index (κ2) is 14.2. The molecule has 1 heterocycles. The first kappa shape index (κ1) is 24.4. The molecule has 1 saturated heterocycles. The van der Waals surface area contributed by atoms with E-state index >= 15 is 0 Å². The molecule has 0 spiro atoms. The Morgan fingerprint density at radius 2 is 1.97 bits per heavy atom. The van der Waals surface area contributed by atoms with Gasteiger partial charge in [-0.05, 0) is 63.4 Å². The zero-order valence-electron chi connectivity index (χ0n) is 18.6. The summed E-state index contributed by atoms with van der Waals surface area (Å²) in [5.74, 6) is 0.410. The van der Waals surface area contributed by atoms with Crippen LogP contribution in [0.5, 0.6) is 0 Å². The molecule has 5 heteroatoms. The lowest BCUT2D eigenvalue weighted by Gasteiger charge is -2.36. The van der Waals surface area contributed by atoms with Crippen molar-refractivity contribution < 1.29 is 19.4 Å². The molecule has 1 N–H and O–H groups in total. The molecule has 1 aromatic carbocycles. The molecule has 1 fully saturated rings. The van der Waals surface area contributed by atoms with Crippen LogP contribution in [0.2, 0.25) is 0 Å². The highest BCUT2D eigenvalue weighted by atomic mass is 16.5. The number of rotatable bonds is 14. The molecule has 1 aliphatic heterocycles. The number of aliphatic hydroxyl groups is 1. The number of amides is 1. The Morgan fingerprint density at radius 3 is 2.70 bits per heavy atom. The number of carbonyl (C=O) groups excluding carboxylic acids is 2. The van der Waals surface area contributed by atoms with Crippen molar-refractivity contribution >= 4 is 11.9 Å². The molecule has 30 heavy (non-hydrogen) atoms. The van der Waals surface area contributed by atoms with E-state index in [1.165, 1.54) is 5.56 Å². The summed E-state index contributed by atoms with van der Waals surface area (Å²) in [6.45, 7) is 3.27. The van der Waals surface area contributed by atoms with E-state index in [2.05, 4.69) is 17.0 Å². The van der Waals surface area contributed by atoms with Crippen LogP contribution in [0, 0.1) is 5.92 Å². The van der Waals surface area contributed by atoms with Crippen molar-refractivity contribution in [2.75, 3.05) is 19.8 Å². The molecule has 0 aliphatic carbocycles. The van der Waals surface area contributed by atoms with E-state index in [1.54, 1.807) is 0 Å². The molecule has 1 aromatic rings. The Labute approximate surface area is 181 Å². The number of ether oxygens (including phenoxy) is 1. The van der Waals surface area contributed by atoms with Crippen molar-refractivity contribution in [3.05, 3.63) is 35.9 Å². The van der Waals surface area contributed by atoms with E-state index in [0.717, 1.165) is 64.3 Å². The van der Waals surface area contributed by atoms with Crippen LogP contribution in [-0.4, -0.2) is 47.7 Å². The zero-order chi connectivity index (χ0) is 21.6. The molecule has 5 nitrogen and oxygen atoms in total. The maximum atomic E-state index is 12.5. The van der Waals surface area contributed by atoms with Crippen molar-refractivity contribution in [3.8, 4) is 0 Å². The first-order valence-electron chi connectivity index (χ1n) is 11.7. The fourth-order valence-electron chi connectivity index (χ4n) is 4.37. The number of unbranched alkanes of at least 4 members (excludes halogenated alkanes) is 3. The van der Waals surface area contributed by atoms with Gasteiger partial charge in [-0.1, -0.05) is 43.2 Å². The van der Waals surface area contributed by atoms with Crippen LogP contribution in [-0.2, 0) is 20.7 Å². The van der Waals surface area contributed by atoms with E-state index in [4.69, 9.17) is 4.74 Å². The summed E-state index contributed by atoms with van der Waals surface area (Å²) in [5.41, 5.74) is 1.26. The Morgan fingerprint density at radius 1 is 1.20 bits per heavy atom. The molecular formula is C25H39NO4. The lowest BCUT2D eigenvalue weighted by atomic mass is 9.90. The van der Waals surface area contributed by atoms with Crippen molar-refractivity contribution in [1.82, 2.24) is 4.90 Å². The van der Waals surface area contributed by atoms with Gasteiger partial charge in [0.2, 0.25) is 5.91 Å². The molecule has 2 rings (SSSR count). The Balaban J connectivity index is 1.72. The SMILES string of the molecule is CCOC(=O)CCCCCCN1C(=O)CCC[C@@H]1CCC(CO)Cc1ccccc1. The predicted octanol–water partition coefficient (Wildman–Crippen LogP) is 4.51. The van der Waals surface area contributed by atoms with E-state index < -0.39 is 0 Å². The number of nitrogens with zero attached hydrogens (tertiary/aromatic N) is 1. The molecule has 1 amide bonds. The smallest absolute Gasteiger partial charge is 0.305 e. The quantitative estimate of drug-likeness (QED) is 0.357. The summed E-state index contributed by atoms with van der Waals surface area (Å²) in [4.78, 5) is 26.0. The van der Waals surface area contributed by atoms with Crippen molar-refractivity contribution in [3.63, 3.8) is 0 Å². The number of hydrogen-bond acceptors (Lipinski definition) is 4. The van der Waals surface area contributed by atoms with Gasteiger partial charge in [-0.25, -0.2) is 0 Å². The topological polar surface area (TPSA) is 66.8 Å². The van der Waals surface area contributed by atoms with Crippen LogP contribution in [0.15, 0.2) is 30.3 Å². The zero-order valence-corrected chi connectivity index (χ0v) is 18.6. The molecule has 1 unspecified atom stereocenters. The number of carbonyl (C=O) groups is 2. The highest BCUT2D eigenvalue weighted by Crippen LogP contribution is 2.25. The summed E-state index contributed by atoms with van der Waals surface area (Å²) in [7, 11) is 0. The third-order valence-electron chi connectivity index (χ3n) is 6.06. The number of piperidine rings is 1. The normalized spacial score (nSPS) is 17.7. The number of benzene rings is 1. The largest absolute Gasteiger partial charge is 0.466 e. The number of aliphatic hydroxyl groups excluding tert-OH is 1. The van der Waals surface area contributed by atoms with Gasteiger partial charge in [-0.15, -0.1) is 0 Å². The fourth-order valence-corrected chi connectivity index (χ4v) is 4.37. The van der Waals surface area contributed by atoms with E-state index in [1.807, 2.05) is 25.1 Å². The highest BCUT2D eigenvalue weighted by molar-refractivity contribution is 5.77. The van der Waals surface area contributed by atoms with Crippen LogP contribution >= 0.6 is 0 Å². The van der Waals surface area contributed by atoms with Crippen molar-refractivity contribution in [1.29, 1.82) is 0 Å². The summed E-state index contributed by atoms with van der Waals surface area (Å²) in [6.07, 6.45) is 9.85. The van der Waals surface area contributed by atoms with Gasteiger partial charge in [0.05, 0.1) is 6.61 Å². The summed E-state index contributed by atoms with van der Waals surface area (Å²) in [6, 6.07) is 10.6. The monoisotopic (exact) mass is 417 g/mol. The second-order valence-electron chi connectivity index (χ2n) is 8.42. The fraction of sp³-hybridized carbons (Fsp3) is 0.680. The molecular weight excluding hydrogens is 378 g/mol. The third-order valence-corrected chi connectivity index (χ3v) is 6.06. The summed E-state index contributed by atoms with van der Waals surface area (Å²) in [5, 5.41) is 9.82. The maximum absolute atomic E-state index is 12.5. The minimum Gasteiger partial charge on any atom is -0.466 e. The standard InChI is InChI=1S/C25H39NO4/c1-2-30-25(29)15-8-3-4-9-18-26-23(13-10-14-24(26)28)17-16-22(20-27)19-21-11-6-5-7-12-21/h5-7,11-12,22-23,27H,2-4,8-10,13-20H2,1H3/t22?,23-/m1/s1. The number of hydrogen-bond donors (Lipinski definition) is 1. The maximum Gasteiger partial charge on any atom is 0.305 e. The van der Waals surface area contributed by atoms with Gasteiger partial charge in [0.15, 0.2) is 0 Å². The average molecular weight is 418 g/mol. The van der Waals surface area contributed by atoms with E-state index in [0.29, 0.717) is 25.5 Å². The second-order valence-corrected chi connectivity index (χ2v) is 8.42. The Bertz CT molecular complexity index is 619. The van der Waals surface area contributed by atoms with Gasteiger partial charge in [-0.3, -0.25) is 9.59 Å². The van der Waals surface area contributed by atoms with Gasteiger partial charge < -0.3 is 14.7 Å². The van der Waals surface area contributed by atoms with Crippen LogP contribution in [0.4, 0.5) is 0 Å². The molecule has 2 atom stereocenters. The Kier molecular flexibility index (Phi) is 11.5. The van der Waals surface area contributed by atoms with Crippen LogP contribution < -0.4 is 0 Å². The number of esters is 1. The molecule has 168 valence electrons. The van der Waals surface area contributed by atoms with Crippen molar-refractivity contribution in [2.24, 2.45) is 5.92 Å². The molecule has 1 aliphatic rings. The van der Waals surface area contributed by atoms with Gasteiger partial charge in [0, 0.05) is 32.0 Å². The molecule has 0 saturated carbocycles. The molecule has 0 bridgehead atoms. The van der Waals surface area contributed by atoms with Crippen LogP contribution in [0.1, 0.15) is 76.7 Å². The van der Waals surface area contributed by atoms with Crippen LogP contribution in [0.25, 0.3) is 0 Å². The highest BCUT2D eigenvalue weighted by Gasteiger charge is 2.27. The molecule has 0 radical (unpaired) electrons. The molecule has 0 aromatic heterocycles. The Hall–Kier alpha value is -1.88. The van der Waals surface area contributed by atoms with E-state index in [9.17, 15) is 14.7 Å². The first-order valence-corrected chi connectivity index (χ1v) is 11.7. The number of likely N-dealkylation sites (tertiary alicyclic amines) is 1. The van der Waals surface area contributed by atoms with Gasteiger partial charge in [-0.2, -0.15) is 0 Å². The van der Waals surface area contributed by atoms with Crippen molar-refractivity contribution in [2.45, 2.75) is 83.6 Å². The lowest BCUT2D eigenvalue weighted by Crippen LogP contribution is -2.44. The average Bonchev–Trinajstić information content (AvgIpc) is 2.75. The van der Waals surface area contributed by atoms with E-state index in [-0.39, 0.29) is 24.4 Å². The summed E-state index contributed by atoms with van der Waals surface area (Å²) < 4.78 is 4.95. The summed E-state index contributed by atoms with van der Waals surface area (Å²) >= 11 is 0. The minimum atomic E-state index is -0.113. The third kappa shape index (κ3) is 8.86. The first-order chi connectivity index (χ1) is 14.6. The van der Waals surface area contributed by atoms with Gasteiger partial charge >= 0.3 is 5.97 Å². The lowest BCUT2D eigenvalue weighted by molar-refractivity contribution is -0.143. The van der Waals surface area contributed by atoms with Crippen LogP contribution in [0.3, 0.4) is 0 Å².